The molecule has 1 saturated carbocycles. The van der Waals surface area contributed by atoms with Crippen LogP contribution in [0.4, 0.5) is 17.6 Å². The van der Waals surface area contributed by atoms with Gasteiger partial charge in [0.15, 0.2) is 19.3 Å². The summed E-state index contributed by atoms with van der Waals surface area (Å²) in [5.41, 5.74) is -2.73. The Morgan fingerprint density at radius 2 is 1.22 bits per heavy atom. The summed E-state index contributed by atoms with van der Waals surface area (Å²) in [4.78, 5) is 71.3. The monoisotopic (exact) mass is 1500 g/mol. The summed E-state index contributed by atoms with van der Waals surface area (Å²) in [5.74, 6) is -4.57. The number of fused-ring (bicyclic) bond motifs is 1. The Balaban J connectivity index is 0.000000245. The van der Waals surface area contributed by atoms with E-state index in [1.54, 1.807) is 55.5 Å². The number of ether oxygens (including phenoxy) is 7. The highest BCUT2D eigenvalue weighted by Gasteiger charge is 2.65. The lowest BCUT2D eigenvalue weighted by Crippen LogP contribution is -3.61. The Bertz CT molecular complexity index is 3150. The second-order valence-electron chi connectivity index (χ2n) is 24.7. The second kappa shape index (κ2) is 32.2. The zero-order valence-electron chi connectivity index (χ0n) is 52.4. The van der Waals surface area contributed by atoms with Gasteiger partial charge in [0.1, 0.15) is 34.8 Å². The first-order chi connectivity index (χ1) is 41.2. The molecule has 89 heavy (non-hydrogen) atoms. The minimum absolute atomic E-state index is 0.0376. The van der Waals surface area contributed by atoms with Gasteiger partial charge in [-0.1, -0.05) is 45.9 Å². The van der Waals surface area contributed by atoms with E-state index in [1.807, 2.05) is 92.6 Å². The zero-order chi connectivity index (χ0) is 67.1. The lowest BCUT2D eigenvalue weighted by atomic mass is 9.87. The third-order valence-corrected chi connectivity index (χ3v) is 20.2. The van der Waals surface area contributed by atoms with Crippen molar-refractivity contribution in [3.8, 4) is 17.2 Å². The number of phenolic OH excluding ortho intramolecular Hbond substituents is 1. The first-order valence-electron chi connectivity index (χ1n) is 29.2. The Kier molecular flexibility index (Phi) is 27.5. The fourth-order valence-corrected chi connectivity index (χ4v) is 11.5. The fourth-order valence-electron chi connectivity index (χ4n) is 8.21. The number of aromatic hydroxyl groups is 1. The van der Waals surface area contributed by atoms with E-state index in [1.165, 1.54) is 50.3 Å². The minimum atomic E-state index is -5.30. The van der Waals surface area contributed by atoms with Crippen molar-refractivity contribution >= 4 is 68.5 Å². The van der Waals surface area contributed by atoms with Crippen LogP contribution in [0.5, 0.6) is 17.2 Å². The van der Waals surface area contributed by atoms with Crippen LogP contribution < -0.4 is 30.7 Å². The maximum absolute atomic E-state index is 12.9. The van der Waals surface area contributed by atoms with Crippen LogP contribution in [0.1, 0.15) is 158 Å². The number of hydrogen-bond acceptors (Lipinski definition) is 17. The summed E-state index contributed by atoms with van der Waals surface area (Å²) in [6.45, 7) is 24.3. The molecule has 6 atom stereocenters. The van der Waals surface area contributed by atoms with Gasteiger partial charge in [0.05, 0.1) is 58.7 Å². The van der Waals surface area contributed by atoms with Gasteiger partial charge in [-0.2, -0.15) is 13.2 Å². The van der Waals surface area contributed by atoms with E-state index < -0.39 is 74.1 Å². The van der Waals surface area contributed by atoms with Gasteiger partial charge in [-0.05, 0) is 222 Å². The van der Waals surface area contributed by atoms with E-state index >= 15 is 0 Å². The van der Waals surface area contributed by atoms with Crippen molar-refractivity contribution in [3.63, 3.8) is 0 Å². The zero-order valence-corrected chi connectivity index (χ0v) is 57.6. The van der Waals surface area contributed by atoms with E-state index in [2.05, 4.69) is 23.8 Å². The highest BCUT2D eigenvalue weighted by atomic mass is 127. The van der Waals surface area contributed by atoms with E-state index in [4.69, 9.17) is 33.5 Å². The lowest BCUT2D eigenvalue weighted by Gasteiger charge is -2.29. The maximum atomic E-state index is 12.9. The lowest BCUT2D eigenvalue weighted by molar-refractivity contribution is -0.597. The van der Waals surface area contributed by atoms with Gasteiger partial charge in [-0.3, -0.25) is 24.0 Å². The van der Waals surface area contributed by atoms with Gasteiger partial charge < -0.3 is 42.8 Å². The molecule has 1 N–H and O–H groups in total. The van der Waals surface area contributed by atoms with E-state index in [-0.39, 0.29) is 91.5 Å². The van der Waals surface area contributed by atoms with Crippen LogP contribution in [0.3, 0.4) is 0 Å². The maximum Gasteiger partial charge on any atom is 0.426 e. The Hall–Kier alpha value is -5.45. The SMILES string of the molecule is CCC(C)(C)C(=O)OC1(C)CCCC1.CCC(C)(C)C(=O)OC1C2CC3C(=O)OC1C3O2.CCC(C)(C)C(=O)Oc1cc(C(=O)OC(CS(=O)(=O)[O-])C(F)(F)F)ccc1I.CCC(C)(C)C(=O)Oc1ccc(O)cc1.Fc1ccc([I+]c2ccccc2)cc1. The predicted octanol–water partition coefficient (Wildman–Crippen LogP) is 10.3. The number of phenols is 1. The van der Waals surface area contributed by atoms with E-state index in [0.717, 1.165) is 37.8 Å². The first kappa shape index (κ1) is 76.0. The molecule has 8 rings (SSSR count). The van der Waals surface area contributed by atoms with Gasteiger partial charge in [0, 0.05) is 0 Å². The van der Waals surface area contributed by atoms with Gasteiger partial charge in [-0.15, -0.1) is 0 Å². The molecule has 4 aromatic carbocycles. The van der Waals surface area contributed by atoms with Crippen molar-refractivity contribution in [3.05, 3.63) is 119 Å². The number of alkyl halides is 3. The smallest absolute Gasteiger partial charge is 0.426 e. The molecular formula is C65H82F4I2O17S. The first-order valence-corrected chi connectivity index (χ1v) is 34.0. The summed E-state index contributed by atoms with van der Waals surface area (Å²) in [5, 5.41) is 9.06. The Morgan fingerprint density at radius 3 is 1.74 bits per heavy atom. The molecule has 0 aromatic heterocycles. The Labute approximate surface area is 543 Å². The van der Waals surface area contributed by atoms with Crippen LogP contribution >= 0.6 is 22.6 Å². The summed E-state index contributed by atoms with van der Waals surface area (Å²) in [6.07, 6.45) is -1.78. The van der Waals surface area contributed by atoms with Crippen LogP contribution in [0.2, 0.25) is 0 Å². The molecule has 4 fully saturated rings. The number of hydrogen-bond donors (Lipinski definition) is 1. The molecule has 24 heteroatoms. The average molecular weight is 1500 g/mol. The number of carbonyl (C=O) groups excluding carboxylic acids is 6. The molecule has 1 aliphatic carbocycles. The fraction of sp³-hybridized carbons (Fsp3) is 0.538. The van der Waals surface area contributed by atoms with Gasteiger partial charge in [-0.25, -0.2) is 17.6 Å². The molecule has 6 unspecified atom stereocenters. The number of halogens is 6. The van der Waals surface area contributed by atoms with Gasteiger partial charge >= 0.3 is 63.2 Å². The summed E-state index contributed by atoms with van der Waals surface area (Å²) >= 11 is 1.65. The Morgan fingerprint density at radius 1 is 0.719 bits per heavy atom. The number of rotatable bonds is 18. The van der Waals surface area contributed by atoms with E-state index in [0.29, 0.717) is 28.6 Å². The number of carbonyl (C=O) groups is 6. The predicted molar refractivity (Wildman–Crippen MR) is 324 cm³/mol. The number of esters is 6. The number of benzene rings is 4. The minimum Gasteiger partial charge on any atom is -0.748 e. The normalized spacial score (nSPS) is 19.4. The van der Waals surface area contributed by atoms with Crippen molar-refractivity contribution in [2.24, 2.45) is 27.6 Å². The molecule has 4 aliphatic rings. The molecule has 0 spiro atoms. The van der Waals surface area contributed by atoms with Gasteiger partial charge in [0.2, 0.25) is 6.10 Å². The second-order valence-corrected chi connectivity index (χ2v) is 30.3. The van der Waals surface area contributed by atoms with Crippen molar-refractivity contribution in [1.82, 2.24) is 0 Å². The summed E-state index contributed by atoms with van der Waals surface area (Å²) in [6, 6.07) is 26.7. The van der Waals surface area contributed by atoms with Crippen molar-refractivity contribution in [2.75, 3.05) is 5.75 Å². The molecule has 2 bridgehead atoms. The summed E-state index contributed by atoms with van der Waals surface area (Å²) in [7, 11) is -5.30. The quantitative estimate of drug-likeness (QED) is 0.0243. The van der Waals surface area contributed by atoms with Crippen LogP contribution in [-0.4, -0.2) is 102 Å². The molecule has 3 saturated heterocycles. The topological polar surface area (TPSA) is 244 Å². The standard InChI is InChI=1S/C16H18F3IO7S.C13H18O5.C12H9FI.C12H16O3.C12H22O2/c1-4-15(2,3)14(22)26-11-7-9(5-6-10(11)20)13(21)27-12(16(17,18)19)8-28(23,24)25;1-4-13(2,3)12(15)18-9-7-5-6-8(16-7)10(9)17-11(6)14;13-10-6-8-12(9-7-10)14-11-4-2-1-3-5-11;1-4-12(2,3)11(14)15-10-7-5-9(13)6-8-10;1-5-11(2,3)10(13)14-12(4)8-6-7-9-12/h5-7,12H,4,8H2,1-3H3,(H,23,24,25);6-10H,4-5H2,1-3H3;1-9H;5-8,13H,4H2,1-3H3;5-9H2,1-4H3/q;;+1;;/p-1. The van der Waals surface area contributed by atoms with Crippen LogP contribution in [0.15, 0.2) is 97.1 Å². The molecule has 492 valence electrons. The molecule has 4 aromatic rings. The highest BCUT2D eigenvalue weighted by Crippen LogP contribution is 2.48. The van der Waals surface area contributed by atoms with E-state index in [9.17, 15) is 59.3 Å². The van der Waals surface area contributed by atoms with Crippen LogP contribution in [0, 0.1) is 44.1 Å². The highest BCUT2D eigenvalue weighted by molar-refractivity contribution is 14.1. The third kappa shape index (κ3) is 23.0. The average Bonchev–Trinajstić information content (AvgIpc) is 1.59. The molecular weight excluding hydrogens is 1410 g/mol. The largest absolute Gasteiger partial charge is 0.748 e. The van der Waals surface area contributed by atoms with Crippen molar-refractivity contribution < 1.29 is 119 Å². The van der Waals surface area contributed by atoms with Crippen molar-refractivity contribution in [2.45, 2.75) is 190 Å². The van der Waals surface area contributed by atoms with Crippen molar-refractivity contribution in [1.29, 1.82) is 0 Å². The molecule has 17 nitrogen and oxygen atoms in total. The third-order valence-electron chi connectivity index (χ3n) is 15.9. The van der Waals surface area contributed by atoms with Crippen LogP contribution in [0.25, 0.3) is 0 Å². The van der Waals surface area contributed by atoms with Gasteiger partial charge in [0.25, 0.3) is 0 Å². The molecule has 3 aliphatic heterocycles. The molecule has 3 heterocycles. The molecule has 0 amide bonds. The molecule has 0 radical (unpaired) electrons. The van der Waals surface area contributed by atoms with Crippen LogP contribution in [-0.2, 0) is 57.8 Å². The summed E-state index contributed by atoms with van der Waals surface area (Å²) < 4.78 is 123.